The van der Waals surface area contributed by atoms with Crippen LogP contribution in [0.2, 0.25) is 0 Å². The van der Waals surface area contributed by atoms with Gasteiger partial charge in [-0.05, 0) is 30.7 Å². The Bertz CT molecular complexity index is 1450. The van der Waals surface area contributed by atoms with Gasteiger partial charge in [0.1, 0.15) is 0 Å². The summed E-state index contributed by atoms with van der Waals surface area (Å²) in [6, 6.07) is 15.0. The first-order valence-electron chi connectivity index (χ1n) is 10.7. The highest BCUT2D eigenvalue weighted by atomic mass is 16.2. The molecule has 0 spiro atoms. The van der Waals surface area contributed by atoms with E-state index in [0.29, 0.717) is 30.0 Å². The average Bonchev–Trinajstić information content (AvgIpc) is 3.31. The zero-order valence-electron chi connectivity index (χ0n) is 18.6. The van der Waals surface area contributed by atoms with E-state index in [1.165, 1.54) is 4.57 Å². The number of aryl methyl sites for hydroxylation is 3. The Morgan fingerprint density at radius 3 is 2.52 bits per heavy atom. The summed E-state index contributed by atoms with van der Waals surface area (Å²) in [5.74, 6) is -0.155. The number of anilines is 1. The van der Waals surface area contributed by atoms with Gasteiger partial charge in [-0.15, -0.1) is 0 Å². The third kappa shape index (κ3) is 3.51. The molecule has 0 atom stereocenters. The van der Waals surface area contributed by atoms with E-state index in [0.717, 1.165) is 22.3 Å². The number of carbonyl (C=O) groups excluding carboxylic acids is 2. The van der Waals surface area contributed by atoms with Crippen molar-refractivity contribution in [3.63, 3.8) is 0 Å². The number of fused-ring (bicyclic) bond motifs is 1. The predicted octanol–water partition coefficient (Wildman–Crippen LogP) is 2.29. The Morgan fingerprint density at radius 1 is 1.03 bits per heavy atom. The SMILES string of the molecule is Cc1ccccc1-c1cc(NC(=O)C2CN(C(=O)c3ccc4c(c3)n(C)c(=O)n4C)C2)n[nH]1. The lowest BCUT2D eigenvalue weighted by atomic mass is 9.97. The van der Waals surface area contributed by atoms with E-state index in [-0.39, 0.29) is 23.4 Å². The molecule has 0 unspecified atom stereocenters. The van der Waals surface area contributed by atoms with Crippen molar-refractivity contribution in [2.75, 3.05) is 18.4 Å². The van der Waals surface area contributed by atoms with Crippen molar-refractivity contribution in [2.24, 2.45) is 20.0 Å². The number of aromatic amines is 1. The van der Waals surface area contributed by atoms with E-state index < -0.39 is 0 Å². The van der Waals surface area contributed by atoms with E-state index in [9.17, 15) is 14.4 Å². The highest BCUT2D eigenvalue weighted by molar-refractivity contribution is 6.00. The van der Waals surface area contributed by atoms with Crippen molar-refractivity contribution in [3.05, 3.63) is 70.1 Å². The number of H-pyrrole nitrogens is 1. The summed E-state index contributed by atoms with van der Waals surface area (Å²) in [4.78, 5) is 39.3. The van der Waals surface area contributed by atoms with Crippen LogP contribution in [0.4, 0.5) is 5.82 Å². The van der Waals surface area contributed by atoms with Crippen LogP contribution in [0.1, 0.15) is 15.9 Å². The van der Waals surface area contributed by atoms with Gasteiger partial charge in [-0.1, -0.05) is 24.3 Å². The molecule has 5 rings (SSSR count). The van der Waals surface area contributed by atoms with Crippen molar-refractivity contribution in [3.8, 4) is 11.3 Å². The number of imidazole rings is 1. The van der Waals surface area contributed by atoms with E-state index in [2.05, 4.69) is 15.5 Å². The lowest BCUT2D eigenvalue weighted by Gasteiger charge is -2.38. The van der Waals surface area contributed by atoms with Gasteiger partial charge < -0.3 is 10.2 Å². The quantitative estimate of drug-likeness (QED) is 0.504. The molecular formula is C24H24N6O3. The van der Waals surface area contributed by atoms with Gasteiger partial charge in [-0.25, -0.2) is 4.79 Å². The number of nitrogens with one attached hydrogen (secondary N) is 2. The van der Waals surface area contributed by atoms with Crippen LogP contribution in [0.5, 0.6) is 0 Å². The third-order valence-electron chi connectivity index (χ3n) is 6.32. The number of carbonyl (C=O) groups is 2. The lowest BCUT2D eigenvalue weighted by Crippen LogP contribution is -2.54. The minimum atomic E-state index is -0.294. The number of amides is 2. The van der Waals surface area contributed by atoms with Crippen LogP contribution in [-0.2, 0) is 18.9 Å². The Labute approximate surface area is 189 Å². The molecule has 3 heterocycles. The molecule has 2 amide bonds. The molecule has 2 aromatic heterocycles. The van der Waals surface area contributed by atoms with Crippen molar-refractivity contribution >= 4 is 28.7 Å². The number of aromatic nitrogens is 4. The van der Waals surface area contributed by atoms with Gasteiger partial charge >= 0.3 is 5.69 Å². The van der Waals surface area contributed by atoms with Gasteiger partial charge in [0.25, 0.3) is 5.91 Å². The van der Waals surface area contributed by atoms with E-state index in [1.54, 1.807) is 47.8 Å². The minimum Gasteiger partial charge on any atom is -0.337 e. The normalized spacial score (nSPS) is 13.8. The molecule has 0 saturated carbocycles. The van der Waals surface area contributed by atoms with E-state index in [4.69, 9.17) is 0 Å². The third-order valence-corrected chi connectivity index (χ3v) is 6.32. The average molecular weight is 444 g/mol. The van der Waals surface area contributed by atoms with Gasteiger partial charge in [0.2, 0.25) is 5.91 Å². The zero-order chi connectivity index (χ0) is 23.3. The summed E-state index contributed by atoms with van der Waals surface area (Å²) in [5, 5.41) is 9.99. The second-order valence-electron chi connectivity index (χ2n) is 8.48. The molecule has 2 aromatic carbocycles. The maximum Gasteiger partial charge on any atom is 0.328 e. The van der Waals surface area contributed by atoms with Crippen LogP contribution >= 0.6 is 0 Å². The fraction of sp³-hybridized carbons (Fsp3) is 0.250. The monoisotopic (exact) mass is 444 g/mol. The number of hydrogen-bond donors (Lipinski definition) is 2. The molecule has 0 bridgehead atoms. The maximum absolute atomic E-state index is 12.9. The van der Waals surface area contributed by atoms with Gasteiger partial charge in [-0.3, -0.25) is 23.8 Å². The molecule has 33 heavy (non-hydrogen) atoms. The van der Waals surface area contributed by atoms with Crippen LogP contribution in [0.25, 0.3) is 22.3 Å². The number of nitrogens with zero attached hydrogens (tertiary/aromatic N) is 4. The fourth-order valence-electron chi connectivity index (χ4n) is 4.26. The smallest absolute Gasteiger partial charge is 0.328 e. The van der Waals surface area contributed by atoms with Crippen LogP contribution in [0.15, 0.2) is 53.3 Å². The Hall–Kier alpha value is -4.14. The van der Waals surface area contributed by atoms with Gasteiger partial charge in [0, 0.05) is 44.4 Å². The number of hydrogen-bond acceptors (Lipinski definition) is 4. The molecule has 9 nitrogen and oxygen atoms in total. The highest BCUT2D eigenvalue weighted by Gasteiger charge is 2.36. The summed E-state index contributed by atoms with van der Waals surface area (Å²) < 4.78 is 3.07. The van der Waals surface area contributed by atoms with Crippen molar-refractivity contribution < 1.29 is 9.59 Å². The van der Waals surface area contributed by atoms with Crippen LogP contribution in [0.3, 0.4) is 0 Å². The van der Waals surface area contributed by atoms with Crippen molar-refractivity contribution in [1.29, 1.82) is 0 Å². The summed E-state index contributed by atoms with van der Waals surface area (Å²) in [7, 11) is 3.39. The molecule has 0 aliphatic carbocycles. The first-order valence-corrected chi connectivity index (χ1v) is 10.7. The molecule has 0 radical (unpaired) electrons. The van der Waals surface area contributed by atoms with Crippen LogP contribution in [0, 0.1) is 12.8 Å². The highest BCUT2D eigenvalue weighted by Crippen LogP contribution is 2.25. The van der Waals surface area contributed by atoms with Gasteiger partial charge in [-0.2, -0.15) is 5.10 Å². The largest absolute Gasteiger partial charge is 0.337 e. The maximum atomic E-state index is 12.9. The topological polar surface area (TPSA) is 105 Å². The van der Waals surface area contributed by atoms with E-state index in [1.807, 2.05) is 31.2 Å². The van der Waals surface area contributed by atoms with Crippen LogP contribution < -0.4 is 11.0 Å². The second kappa shape index (κ2) is 7.77. The molecule has 1 aliphatic heterocycles. The van der Waals surface area contributed by atoms with Crippen molar-refractivity contribution in [1.82, 2.24) is 24.2 Å². The predicted molar refractivity (Wildman–Crippen MR) is 125 cm³/mol. The number of benzene rings is 2. The molecule has 9 heteroatoms. The van der Waals surface area contributed by atoms with Crippen molar-refractivity contribution in [2.45, 2.75) is 6.92 Å². The summed E-state index contributed by atoms with van der Waals surface area (Å²) in [6.45, 7) is 2.69. The summed E-state index contributed by atoms with van der Waals surface area (Å²) in [5.41, 5.74) is 4.80. The number of rotatable bonds is 4. The Balaban J connectivity index is 1.23. The Morgan fingerprint density at radius 2 is 1.76 bits per heavy atom. The second-order valence-corrected chi connectivity index (χ2v) is 8.48. The fourth-order valence-corrected chi connectivity index (χ4v) is 4.26. The summed E-state index contributed by atoms with van der Waals surface area (Å²) in [6.07, 6.45) is 0. The summed E-state index contributed by atoms with van der Waals surface area (Å²) >= 11 is 0. The molecule has 1 fully saturated rings. The molecule has 168 valence electrons. The first kappa shape index (κ1) is 20.7. The number of likely N-dealkylation sites (tertiary alicyclic amines) is 1. The molecule has 2 N–H and O–H groups in total. The molecule has 1 aliphatic rings. The molecule has 1 saturated heterocycles. The van der Waals surface area contributed by atoms with Gasteiger partial charge in [0.15, 0.2) is 5.82 Å². The zero-order valence-corrected chi connectivity index (χ0v) is 18.6. The van der Waals surface area contributed by atoms with Gasteiger partial charge in [0.05, 0.1) is 22.6 Å². The molecular weight excluding hydrogens is 420 g/mol. The minimum absolute atomic E-state index is 0.140. The van der Waals surface area contributed by atoms with Crippen LogP contribution in [-0.4, -0.2) is 49.1 Å². The van der Waals surface area contributed by atoms with E-state index >= 15 is 0 Å². The Kier molecular flexibility index (Phi) is 4.88. The first-order chi connectivity index (χ1) is 15.8. The standard InChI is InChI=1S/C24H24N6O3/c1-14-6-4-5-7-17(14)18-11-21(27-26-18)25-22(31)16-12-30(13-16)23(32)15-8-9-19-20(10-15)29(3)24(33)28(19)2/h4-11,16H,12-13H2,1-3H3,(H2,25,26,27,31). The lowest BCUT2D eigenvalue weighted by molar-refractivity contribution is -0.123. The molecule has 4 aromatic rings.